The Morgan fingerprint density at radius 2 is 2.26 bits per heavy atom. The number of phenols is 1. The van der Waals surface area contributed by atoms with E-state index in [9.17, 15) is 9.90 Å². The maximum Gasteiger partial charge on any atom is 0.193 e. The highest BCUT2D eigenvalue weighted by atomic mass is 79.9. The molecule has 5 nitrogen and oxygen atoms in total. The quantitative estimate of drug-likeness (QED) is 0.863. The molecule has 1 aromatic carbocycles. The average Bonchev–Trinajstić information content (AvgIpc) is 2.84. The maximum absolute atomic E-state index is 12.4. The molecule has 0 bridgehead atoms. The molecule has 0 saturated heterocycles. The van der Waals surface area contributed by atoms with E-state index in [-0.39, 0.29) is 30.5 Å². The first-order valence-electron chi connectivity index (χ1n) is 5.34. The van der Waals surface area contributed by atoms with Crippen LogP contribution in [0.25, 0.3) is 0 Å². The smallest absolute Gasteiger partial charge is 0.193 e. The summed E-state index contributed by atoms with van der Waals surface area (Å²) < 4.78 is 7.86. The fourth-order valence-corrected chi connectivity index (χ4v) is 2.56. The van der Waals surface area contributed by atoms with Gasteiger partial charge in [-0.05, 0) is 28.1 Å². The Morgan fingerprint density at radius 1 is 1.47 bits per heavy atom. The van der Waals surface area contributed by atoms with Crippen molar-refractivity contribution in [1.82, 2.24) is 9.55 Å². The third kappa shape index (κ3) is 2.33. The van der Waals surface area contributed by atoms with E-state index in [1.54, 1.807) is 23.3 Å². The van der Waals surface area contributed by atoms with Crippen molar-refractivity contribution >= 4 is 34.1 Å². The van der Waals surface area contributed by atoms with E-state index in [4.69, 9.17) is 4.74 Å². The predicted octanol–water partition coefficient (Wildman–Crippen LogP) is 2.59. The lowest BCUT2D eigenvalue weighted by molar-refractivity contribution is 0.0839. The molecule has 1 aromatic heterocycles. The zero-order valence-corrected chi connectivity index (χ0v) is 12.0. The third-order valence-corrected chi connectivity index (χ3v) is 3.46. The molecule has 0 amide bonds. The normalized spacial score (nSPS) is 17.3. The number of hydrogen-bond acceptors (Lipinski definition) is 4. The highest BCUT2D eigenvalue weighted by Crippen LogP contribution is 2.38. The van der Waals surface area contributed by atoms with Crippen molar-refractivity contribution in [2.75, 3.05) is 6.61 Å². The molecular weight excluding hydrogens is 336 g/mol. The summed E-state index contributed by atoms with van der Waals surface area (Å²) in [6.45, 7) is 0.256. The molecule has 1 atom stereocenters. The zero-order valence-electron chi connectivity index (χ0n) is 9.62. The molecule has 1 aliphatic heterocycles. The van der Waals surface area contributed by atoms with Gasteiger partial charge in [0.15, 0.2) is 5.78 Å². The minimum absolute atomic E-state index is 0. The van der Waals surface area contributed by atoms with Gasteiger partial charge in [0.25, 0.3) is 0 Å². The Hall–Kier alpha value is -1.53. The SMILES string of the molecule is Cl.O=C1c2cc(O)cc(Br)c2OCC1n1ccnc1. The van der Waals surface area contributed by atoms with E-state index in [0.29, 0.717) is 15.8 Å². The van der Waals surface area contributed by atoms with E-state index in [2.05, 4.69) is 20.9 Å². The standard InChI is InChI=1S/C12H9BrN2O3.ClH/c13-9-4-7(16)3-8-11(17)10(5-18-12(8)9)15-2-1-14-6-15;/h1-4,6,10,16H,5H2;1H. The van der Waals surface area contributed by atoms with Crippen LogP contribution in [-0.2, 0) is 0 Å². The van der Waals surface area contributed by atoms with Gasteiger partial charge in [-0.1, -0.05) is 0 Å². The van der Waals surface area contributed by atoms with Gasteiger partial charge in [-0.15, -0.1) is 12.4 Å². The number of benzene rings is 1. The molecule has 7 heteroatoms. The molecule has 0 radical (unpaired) electrons. The number of carbonyl (C=O) groups excluding carboxylic acids is 1. The van der Waals surface area contributed by atoms with Crippen LogP contribution in [0.2, 0.25) is 0 Å². The van der Waals surface area contributed by atoms with Crippen LogP contribution >= 0.6 is 28.3 Å². The second-order valence-corrected chi connectivity index (χ2v) is 4.86. The first-order valence-corrected chi connectivity index (χ1v) is 6.13. The molecule has 0 spiro atoms. The maximum atomic E-state index is 12.4. The number of phenolic OH excluding ortho intramolecular Hbond substituents is 1. The second-order valence-electron chi connectivity index (χ2n) is 4.01. The fraction of sp³-hybridized carbons (Fsp3) is 0.167. The fourth-order valence-electron chi connectivity index (χ4n) is 2.00. The Bertz CT molecular complexity index is 616. The summed E-state index contributed by atoms with van der Waals surface area (Å²) in [6, 6.07) is 2.49. The number of ether oxygens (including phenoxy) is 1. The summed E-state index contributed by atoms with van der Waals surface area (Å²) in [5.41, 5.74) is 0.381. The van der Waals surface area contributed by atoms with Gasteiger partial charge in [-0.3, -0.25) is 4.79 Å². The second kappa shape index (κ2) is 5.22. The van der Waals surface area contributed by atoms with Gasteiger partial charge >= 0.3 is 0 Å². The molecule has 2 heterocycles. The summed E-state index contributed by atoms with van der Waals surface area (Å²) in [7, 11) is 0. The highest BCUT2D eigenvalue weighted by Gasteiger charge is 2.31. The number of hydrogen-bond donors (Lipinski definition) is 1. The lowest BCUT2D eigenvalue weighted by atomic mass is 10.0. The van der Waals surface area contributed by atoms with Gasteiger partial charge in [0.2, 0.25) is 0 Å². The number of aromatic nitrogens is 2. The van der Waals surface area contributed by atoms with Crippen LogP contribution in [0.1, 0.15) is 16.4 Å². The van der Waals surface area contributed by atoms with Crippen LogP contribution in [-0.4, -0.2) is 27.0 Å². The van der Waals surface area contributed by atoms with E-state index in [0.717, 1.165) is 0 Å². The van der Waals surface area contributed by atoms with Gasteiger partial charge in [0, 0.05) is 12.4 Å². The number of rotatable bonds is 1. The minimum atomic E-state index is -0.436. The number of halogens is 2. The molecule has 2 aromatic rings. The van der Waals surface area contributed by atoms with Gasteiger partial charge < -0.3 is 14.4 Å². The van der Waals surface area contributed by atoms with Crippen LogP contribution in [0.5, 0.6) is 11.5 Å². The molecule has 3 rings (SSSR count). The van der Waals surface area contributed by atoms with Gasteiger partial charge in [0.1, 0.15) is 24.1 Å². The monoisotopic (exact) mass is 344 g/mol. The number of Topliss-reactive ketones (excluding diaryl/α,β-unsaturated/α-hetero) is 1. The van der Waals surface area contributed by atoms with Crippen LogP contribution in [0.15, 0.2) is 35.3 Å². The molecule has 1 unspecified atom stereocenters. The zero-order chi connectivity index (χ0) is 12.7. The molecule has 19 heavy (non-hydrogen) atoms. The third-order valence-electron chi connectivity index (χ3n) is 2.87. The summed E-state index contributed by atoms with van der Waals surface area (Å²) >= 11 is 3.27. The van der Waals surface area contributed by atoms with Crippen molar-refractivity contribution in [3.05, 3.63) is 40.9 Å². The van der Waals surface area contributed by atoms with Gasteiger partial charge in [-0.2, -0.15) is 0 Å². The number of nitrogens with zero attached hydrogens (tertiary/aromatic N) is 2. The van der Waals surface area contributed by atoms with Crippen LogP contribution < -0.4 is 4.74 Å². The van der Waals surface area contributed by atoms with Gasteiger partial charge in [0.05, 0.1) is 16.4 Å². The minimum Gasteiger partial charge on any atom is -0.508 e. The summed E-state index contributed by atoms with van der Waals surface area (Å²) in [6.07, 6.45) is 4.91. The van der Waals surface area contributed by atoms with Crippen molar-refractivity contribution in [2.24, 2.45) is 0 Å². The molecule has 100 valence electrons. The number of aromatic hydroxyl groups is 1. The average molecular weight is 346 g/mol. The van der Waals surface area contributed by atoms with Crippen LogP contribution in [0, 0.1) is 0 Å². The summed E-state index contributed by atoms with van der Waals surface area (Å²) in [5, 5.41) is 9.55. The first-order chi connectivity index (χ1) is 8.66. The first kappa shape index (κ1) is 13.9. The largest absolute Gasteiger partial charge is 0.508 e. The van der Waals surface area contributed by atoms with Crippen LogP contribution in [0.4, 0.5) is 0 Å². The summed E-state index contributed by atoms with van der Waals surface area (Å²) in [5.74, 6) is 0.420. The Balaban J connectivity index is 0.00000133. The Morgan fingerprint density at radius 3 is 2.95 bits per heavy atom. The van der Waals surface area contributed by atoms with E-state index < -0.39 is 6.04 Å². The lowest BCUT2D eigenvalue weighted by Crippen LogP contribution is -2.30. The van der Waals surface area contributed by atoms with Crippen molar-refractivity contribution in [2.45, 2.75) is 6.04 Å². The van der Waals surface area contributed by atoms with Crippen molar-refractivity contribution in [3.63, 3.8) is 0 Å². The molecule has 1 aliphatic rings. The van der Waals surface area contributed by atoms with Gasteiger partial charge in [-0.25, -0.2) is 4.98 Å². The van der Waals surface area contributed by atoms with Crippen molar-refractivity contribution < 1.29 is 14.6 Å². The summed E-state index contributed by atoms with van der Waals surface area (Å²) in [4.78, 5) is 16.3. The number of carbonyl (C=O) groups is 1. The Kier molecular flexibility index (Phi) is 3.82. The van der Waals surface area contributed by atoms with Crippen molar-refractivity contribution in [1.29, 1.82) is 0 Å². The Labute approximate surface area is 123 Å². The van der Waals surface area contributed by atoms with E-state index in [1.807, 2.05) is 0 Å². The lowest BCUT2D eigenvalue weighted by Gasteiger charge is -2.25. The number of imidazole rings is 1. The van der Waals surface area contributed by atoms with Crippen molar-refractivity contribution in [3.8, 4) is 11.5 Å². The predicted molar refractivity (Wildman–Crippen MR) is 74.1 cm³/mol. The molecule has 0 fully saturated rings. The molecule has 1 N–H and O–H groups in total. The number of ketones is 1. The number of fused-ring (bicyclic) bond motifs is 1. The molecule has 0 aliphatic carbocycles. The van der Waals surface area contributed by atoms with Crippen LogP contribution in [0.3, 0.4) is 0 Å². The molecule has 0 saturated carbocycles. The molecular formula is C12H10BrClN2O3. The highest BCUT2D eigenvalue weighted by molar-refractivity contribution is 9.10. The van der Waals surface area contributed by atoms with E-state index >= 15 is 0 Å². The van der Waals surface area contributed by atoms with E-state index in [1.165, 1.54) is 12.1 Å². The topological polar surface area (TPSA) is 64.3 Å².